The number of aryl methyl sites for hydroxylation is 1. The lowest BCUT2D eigenvalue weighted by Gasteiger charge is -2.29. The molecule has 1 aromatic heterocycles. The Kier molecular flexibility index (Phi) is 4.77. The number of hydrogen-bond donors (Lipinski definition) is 1. The highest BCUT2D eigenvalue weighted by atomic mass is 16.5. The van der Waals surface area contributed by atoms with E-state index in [4.69, 9.17) is 4.52 Å². The van der Waals surface area contributed by atoms with E-state index in [1.807, 2.05) is 34.6 Å². The Morgan fingerprint density at radius 3 is 2.62 bits per heavy atom. The predicted molar refractivity (Wildman–Crippen MR) is 95.8 cm³/mol. The first kappa shape index (κ1) is 18.8. The average molecular weight is 361 g/mol. The molecule has 3 atom stereocenters. The van der Waals surface area contributed by atoms with Gasteiger partial charge in [0.1, 0.15) is 11.7 Å². The van der Waals surface area contributed by atoms with Gasteiger partial charge in [0.15, 0.2) is 0 Å². The minimum absolute atomic E-state index is 0.0110. The Hall–Kier alpha value is -2.02. The van der Waals surface area contributed by atoms with Gasteiger partial charge in [0.25, 0.3) is 5.91 Å². The van der Waals surface area contributed by atoms with E-state index in [0.29, 0.717) is 24.3 Å². The van der Waals surface area contributed by atoms with Crippen molar-refractivity contribution in [2.24, 2.45) is 16.3 Å². The van der Waals surface area contributed by atoms with E-state index in [1.54, 1.807) is 11.0 Å². The van der Waals surface area contributed by atoms with E-state index < -0.39 is 17.4 Å². The summed E-state index contributed by atoms with van der Waals surface area (Å²) in [6.45, 7) is 9.70. The predicted octanol–water partition coefficient (Wildman–Crippen LogP) is 2.08. The molecule has 26 heavy (non-hydrogen) atoms. The smallest absolute Gasteiger partial charge is 0.251 e. The van der Waals surface area contributed by atoms with Gasteiger partial charge in [-0.2, -0.15) is 0 Å². The van der Waals surface area contributed by atoms with Gasteiger partial charge in [-0.05, 0) is 12.8 Å². The molecule has 1 aromatic rings. The molecule has 1 N–H and O–H groups in total. The van der Waals surface area contributed by atoms with Crippen LogP contribution in [0.4, 0.5) is 0 Å². The number of nitrogens with zero attached hydrogens (tertiary/aromatic N) is 3. The molecule has 2 aliphatic rings. The highest BCUT2D eigenvalue weighted by Crippen LogP contribution is 2.36. The van der Waals surface area contributed by atoms with Gasteiger partial charge in [-0.25, -0.2) is 4.99 Å². The molecule has 142 valence electrons. The van der Waals surface area contributed by atoms with E-state index >= 15 is 0 Å². The number of amides is 2. The van der Waals surface area contributed by atoms with Gasteiger partial charge >= 0.3 is 0 Å². The largest absolute Gasteiger partial charge is 0.391 e. The topological polar surface area (TPSA) is 96.0 Å². The van der Waals surface area contributed by atoms with Crippen LogP contribution in [0.15, 0.2) is 15.6 Å². The Morgan fingerprint density at radius 2 is 2.12 bits per heavy atom. The SMILES string of the molecule is Cc1cc([C@H](C(=O)N2C[C@H](O)C[C@@H]2C2=NC(=O)C(C)(C)C2)C(C)C)on1. The molecule has 0 radical (unpaired) electrons. The molecular formula is C19H27N3O4. The fourth-order valence-electron chi connectivity index (χ4n) is 3.86. The van der Waals surface area contributed by atoms with E-state index in [1.165, 1.54) is 0 Å². The van der Waals surface area contributed by atoms with Crippen molar-refractivity contribution in [3.63, 3.8) is 0 Å². The number of aromatic nitrogens is 1. The molecule has 7 nitrogen and oxygen atoms in total. The Balaban J connectivity index is 1.89. The van der Waals surface area contributed by atoms with Crippen LogP contribution in [-0.4, -0.2) is 51.4 Å². The molecule has 0 aromatic carbocycles. The van der Waals surface area contributed by atoms with Gasteiger partial charge in [0.2, 0.25) is 5.91 Å². The van der Waals surface area contributed by atoms with Crippen LogP contribution in [-0.2, 0) is 9.59 Å². The number of aliphatic imine (C=N–C) groups is 1. The van der Waals surface area contributed by atoms with E-state index in [0.717, 1.165) is 5.69 Å². The molecule has 2 aliphatic heterocycles. The fraction of sp³-hybridized carbons (Fsp3) is 0.684. The van der Waals surface area contributed by atoms with Gasteiger partial charge < -0.3 is 14.5 Å². The van der Waals surface area contributed by atoms with Gasteiger partial charge in [-0.3, -0.25) is 9.59 Å². The lowest BCUT2D eigenvalue weighted by molar-refractivity contribution is -0.134. The second-order valence-electron chi connectivity index (χ2n) is 8.46. The first-order chi connectivity index (χ1) is 12.1. The zero-order chi connectivity index (χ0) is 19.2. The summed E-state index contributed by atoms with van der Waals surface area (Å²) in [4.78, 5) is 31.3. The molecule has 3 rings (SSSR count). The Bertz CT molecular complexity index is 750. The molecule has 0 unspecified atom stereocenters. The summed E-state index contributed by atoms with van der Waals surface area (Å²) in [6.07, 6.45) is 0.310. The summed E-state index contributed by atoms with van der Waals surface area (Å²) in [7, 11) is 0. The maximum atomic E-state index is 13.3. The number of likely N-dealkylation sites (tertiary alicyclic amines) is 1. The van der Waals surface area contributed by atoms with Crippen molar-refractivity contribution in [1.29, 1.82) is 0 Å². The van der Waals surface area contributed by atoms with Crippen molar-refractivity contribution >= 4 is 17.5 Å². The zero-order valence-electron chi connectivity index (χ0n) is 16.0. The van der Waals surface area contributed by atoms with Crippen LogP contribution in [0.3, 0.4) is 0 Å². The summed E-state index contributed by atoms with van der Waals surface area (Å²) in [5.41, 5.74) is 0.877. The molecular weight excluding hydrogens is 334 g/mol. The number of hydrogen-bond acceptors (Lipinski definition) is 5. The van der Waals surface area contributed by atoms with Crippen LogP contribution in [0.5, 0.6) is 0 Å². The van der Waals surface area contributed by atoms with Crippen LogP contribution >= 0.6 is 0 Å². The second-order valence-corrected chi connectivity index (χ2v) is 8.46. The van der Waals surface area contributed by atoms with Crippen molar-refractivity contribution in [3.05, 3.63) is 17.5 Å². The average Bonchev–Trinajstić information content (AvgIpc) is 3.18. The van der Waals surface area contributed by atoms with Crippen molar-refractivity contribution in [3.8, 4) is 0 Å². The van der Waals surface area contributed by atoms with Crippen LogP contribution in [0.2, 0.25) is 0 Å². The standard InChI is InChI=1S/C19H27N3O4/c1-10(2)16(15-6-11(3)21-26-15)17(24)22-9-12(23)7-14(22)13-8-19(4,5)18(25)20-13/h6,10,12,14,16,23H,7-9H2,1-5H3/t12-,14-,16-/m1/s1. The fourth-order valence-corrected chi connectivity index (χ4v) is 3.86. The van der Waals surface area contributed by atoms with Crippen molar-refractivity contribution in [1.82, 2.24) is 10.1 Å². The third-order valence-electron chi connectivity index (χ3n) is 5.28. The van der Waals surface area contributed by atoms with Gasteiger partial charge in [-0.15, -0.1) is 0 Å². The maximum absolute atomic E-state index is 13.3. The molecule has 1 fully saturated rings. The Morgan fingerprint density at radius 1 is 1.42 bits per heavy atom. The summed E-state index contributed by atoms with van der Waals surface area (Å²) in [5, 5.41) is 14.1. The maximum Gasteiger partial charge on any atom is 0.251 e. The van der Waals surface area contributed by atoms with Crippen LogP contribution < -0.4 is 0 Å². The summed E-state index contributed by atoms with van der Waals surface area (Å²) < 4.78 is 5.36. The molecule has 3 heterocycles. The molecule has 0 spiro atoms. The normalized spacial score (nSPS) is 26.5. The van der Waals surface area contributed by atoms with Gasteiger partial charge in [0.05, 0.1) is 23.3 Å². The summed E-state index contributed by atoms with van der Waals surface area (Å²) in [6, 6.07) is 1.44. The number of β-amino-alcohol motifs (C(OH)–C–C–N with tert-alkyl or cyclic N) is 1. The number of carbonyl (C=O) groups excluding carboxylic acids is 2. The van der Waals surface area contributed by atoms with Gasteiger partial charge in [-0.1, -0.05) is 32.9 Å². The van der Waals surface area contributed by atoms with E-state index in [9.17, 15) is 14.7 Å². The molecule has 1 saturated heterocycles. The van der Waals surface area contributed by atoms with E-state index in [2.05, 4.69) is 10.1 Å². The minimum Gasteiger partial charge on any atom is -0.391 e. The lowest BCUT2D eigenvalue weighted by Crippen LogP contribution is -2.44. The molecule has 0 bridgehead atoms. The Labute approximate surface area is 153 Å². The number of aliphatic hydroxyl groups is 1. The zero-order valence-corrected chi connectivity index (χ0v) is 16.0. The monoisotopic (exact) mass is 361 g/mol. The van der Waals surface area contributed by atoms with Crippen molar-refractivity contribution in [2.75, 3.05) is 6.54 Å². The molecule has 2 amide bonds. The van der Waals surface area contributed by atoms with Crippen LogP contribution in [0, 0.1) is 18.3 Å². The highest BCUT2D eigenvalue weighted by molar-refractivity contribution is 6.09. The summed E-state index contributed by atoms with van der Waals surface area (Å²) >= 11 is 0. The number of aliphatic hydroxyl groups excluding tert-OH is 1. The quantitative estimate of drug-likeness (QED) is 0.886. The first-order valence-corrected chi connectivity index (χ1v) is 9.14. The summed E-state index contributed by atoms with van der Waals surface area (Å²) in [5.74, 6) is -0.205. The lowest BCUT2D eigenvalue weighted by atomic mass is 9.86. The third-order valence-corrected chi connectivity index (χ3v) is 5.28. The van der Waals surface area contributed by atoms with E-state index in [-0.39, 0.29) is 30.3 Å². The van der Waals surface area contributed by atoms with Crippen molar-refractivity contribution < 1.29 is 19.2 Å². The number of carbonyl (C=O) groups is 2. The van der Waals surface area contributed by atoms with Crippen LogP contribution in [0.1, 0.15) is 57.9 Å². The second kappa shape index (κ2) is 6.61. The van der Waals surface area contributed by atoms with Crippen molar-refractivity contribution in [2.45, 2.75) is 65.5 Å². The van der Waals surface area contributed by atoms with Crippen LogP contribution in [0.25, 0.3) is 0 Å². The first-order valence-electron chi connectivity index (χ1n) is 9.14. The highest BCUT2D eigenvalue weighted by Gasteiger charge is 2.46. The molecule has 0 aliphatic carbocycles. The third kappa shape index (κ3) is 3.32. The molecule has 7 heteroatoms. The number of rotatable bonds is 4. The minimum atomic E-state index is -0.616. The molecule has 0 saturated carbocycles. The van der Waals surface area contributed by atoms with Gasteiger partial charge in [0, 0.05) is 31.2 Å².